The molecule has 1 rings (SSSR count). The first-order chi connectivity index (χ1) is 9.58. The molecule has 1 aromatic rings. The second-order valence-corrected chi connectivity index (χ2v) is 5.22. The lowest BCUT2D eigenvalue weighted by molar-refractivity contribution is -0.145. The van der Waals surface area contributed by atoms with E-state index in [2.05, 4.69) is 21.4 Å². The third kappa shape index (κ3) is 5.66. The van der Waals surface area contributed by atoms with Gasteiger partial charge in [0, 0.05) is 11.9 Å². The Morgan fingerprint density at radius 3 is 2.35 bits per heavy atom. The van der Waals surface area contributed by atoms with E-state index in [9.17, 15) is 9.59 Å². The van der Waals surface area contributed by atoms with Gasteiger partial charge in [-0.2, -0.15) is 0 Å². The number of nitrogens with zero attached hydrogens (tertiary/aromatic N) is 2. The minimum atomic E-state index is -0.391. The van der Waals surface area contributed by atoms with Crippen molar-refractivity contribution >= 4 is 23.3 Å². The number of rotatable bonds is 8. The van der Waals surface area contributed by atoms with Crippen LogP contribution < -0.4 is 0 Å². The predicted octanol–water partition coefficient (Wildman–Crippen LogP) is 1.24. The molecule has 20 heavy (non-hydrogen) atoms. The van der Waals surface area contributed by atoms with Crippen molar-refractivity contribution in [2.45, 2.75) is 26.3 Å². The van der Waals surface area contributed by atoms with Crippen LogP contribution in [0.15, 0.2) is 5.38 Å². The maximum Gasteiger partial charge on any atom is 0.319 e. The molecule has 0 saturated carbocycles. The van der Waals surface area contributed by atoms with Crippen LogP contribution in [0.25, 0.3) is 0 Å². The minimum absolute atomic E-state index is 0.0340. The second-order valence-electron chi connectivity index (χ2n) is 4.28. The Morgan fingerprint density at radius 2 is 1.85 bits per heavy atom. The summed E-state index contributed by atoms with van der Waals surface area (Å²) in [6.07, 6.45) is 1.99. The smallest absolute Gasteiger partial charge is 0.319 e. The summed E-state index contributed by atoms with van der Waals surface area (Å²) in [4.78, 5) is 28.8. The fourth-order valence-electron chi connectivity index (χ4n) is 1.64. The highest BCUT2D eigenvalue weighted by molar-refractivity contribution is 7.09. The summed E-state index contributed by atoms with van der Waals surface area (Å²) in [5.41, 5.74) is 0.853. The molecule has 0 aromatic carbocycles. The second kappa shape index (κ2) is 8.65. The van der Waals surface area contributed by atoms with Crippen molar-refractivity contribution in [1.29, 1.82) is 0 Å². The van der Waals surface area contributed by atoms with E-state index >= 15 is 0 Å². The minimum Gasteiger partial charge on any atom is -0.468 e. The molecule has 0 unspecified atom stereocenters. The molecular weight excluding hydrogens is 280 g/mol. The number of hydrogen-bond donors (Lipinski definition) is 0. The van der Waals surface area contributed by atoms with Gasteiger partial charge in [0.25, 0.3) is 0 Å². The van der Waals surface area contributed by atoms with Gasteiger partial charge in [-0.15, -0.1) is 11.3 Å². The Morgan fingerprint density at radius 1 is 1.25 bits per heavy atom. The number of carbonyl (C=O) groups excluding carboxylic acids is 2. The van der Waals surface area contributed by atoms with Crippen LogP contribution in [-0.4, -0.2) is 49.1 Å². The van der Waals surface area contributed by atoms with Gasteiger partial charge in [-0.25, -0.2) is 4.98 Å². The van der Waals surface area contributed by atoms with Crippen LogP contribution in [0.3, 0.4) is 0 Å². The molecule has 0 aliphatic carbocycles. The fourth-order valence-corrected chi connectivity index (χ4v) is 2.53. The molecule has 0 saturated heterocycles. The fraction of sp³-hybridized carbons (Fsp3) is 0.615. The van der Waals surface area contributed by atoms with Gasteiger partial charge in [0.05, 0.1) is 38.0 Å². The summed E-state index contributed by atoms with van der Waals surface area (Å²) < 4.78 is 9.25. The number of thiazole rings is 1. The van der Waals surface area contributed by atoms with Gasteiger partial charge in [-0.1, -0.05) is 6.92 Å². The number of hydrogen-bond acceptors (Lipinski definition) is 7. The highest BCUT2D eigenvalue weighted by atomic mass is 32.1. The SMILES string of the molecule is CCCc1nc(CN(CC(=O)OC)CC(=O)OC)cs1. The Hall–Kier alpha value is -1.47. The molecule has 0 atom stereocenters. The van der Waals surface area contributed by atoms with Crippen LogP contribution in [0.2, 0.25) is 0 Å². The molecule has 0 N–H and O–H groups in total. The maximum atomic E-state index is 11.4. The van der Waals surface area contributed by atoms with Crippen LogP contribution in [0.1, 0.15) is 24.0 Å². The van der Waals surface area contributed by atoms with E-state index < -0.39 is 11.9 Å². The first-order valence-corrected chi connectivity index (χ1v) is 7.26. The summed E-state index contributed by atoms with van der Waals surface area (Å²) in [5, 5.41) is 3.02. The van der Waals surface area contributed by atoms with E-state index in [4.69, 9.17) is 0 Å². The predicted molar refractivity (Wildman–Crippen MR) is 75.4 cm³/mol. The standard InChI is InChI=1S/C13H20N2O4S/c1-4-5-11-14-10(9-20-11)6-15(7-12(16)18-2)8-13(17)19-3/h9H,4-8H2,1-3H3. The Labute approximate surface area is 122 Å². The topological polar surface area (TPSA) is 68.7 Å². The summed E-state index contributed by atoms with van der Waals surface area (Å²) in [7, 11) is 2.64. The summed E-state index contributed by atoms with van der Waals surface area (Å²) >= 11 is 1.60. The third-order valence-electron chi connectivity index (χ3n) is 2.61. The number of carbonyl (C=O) groups is 2. The van der Waals surface area contributed by atoms with Crippen molar-refractivity contribution in [2.75, 3.05) is 27.3 Å². The molecule has 112 valence electrons. The van der Waals surface area contributed by atoms with Crippen LogP contribution in [0.5, 0.6) is 0 Å². The summed E-state index contributed by atoms with van der Waals surface area (Å²) in [6.45, 7) is 2.59. The number of ether oxygens (including phenoxy) is 2. The molecule has 0 aliphatic rings. The van der Waals surface area contributed by atoms with E-state index in [0.717, 1.165) is 23.5 Å². The molecule has 0 bridgehead atoms. The molecule has 1 heterocycles. The lowest BCUT2D eigenvalue weighted by Gasteiger charge is -2.18. The summed E-state index contributed by atoms with van der Waals surface area (Å²) in [6, 6.07) is 0. The highest BCUT2D eigenvalue weighted by Crippen LogP contribution is 2.13. The van der Waals surface area contributed by atoms with Gasteiger partial charge >= 0.3 is 11.9 Å². The maximum absolute atomic E-state index is 11.4. The van der Waals surface area contributed by atoms with Crippen LogP contribution in [0, 0.1) is 0 Å². The largest absolute Gasteiger partial charge is 0.468 e. The Balaban J connectivity index is 2.66. The van der Waals surface area contributed by atoms with Gasteiger partial charge < -0.3 is 9.47 Å². The lowest BCUT2D eigenvalue weighted by atomic mass is 10.3. The number of aromatic nitrogens is 1. The van der Waals surface area contributed by atoms with E-state index in [0.29, 0.717) is 6.54 Å². The van der Waals surface area contributed by atoms with Crippen molar-refractivity contribution in [2.24, 2.45) is 0 Å². The molecule has 6 nitrogen and oxygen atoms in total. The average molecular weight is 300 g/mol. The zero-order chi connectivity index (χ0) is 15.0. The first kappa shape index (κ1) is 16.6. The van der Waals surface area contributed by atoms with Crippen LogP contribution in [0.4, 0.5) is 0 Å². The van der Waals surface area contributed by atoms with Crippen LogP contribution >= 0.6 is 11.3 Å². The van der Waals surface area contributed by atoms with E-state index in [1.54, 1.807) is 16.2 Å². The Bertz CT molecular complexity index is 429. The summed E-state index contributed by atoms with van der Waals surface area (Å²) in [5.74, 6) is -0.782. The molecule has 0 radical (unpaired) electrons. The molecule has 0 amide bonds. The van der Waals surface area contributed by atoms with Gasteiger partial charge in [0.1, 0.15) is 0 Å². The molecule has 0 fully saturated rings. The Kier molecular flexibility index (Phi) is 7.17. The quantitative estimate of drug-likeness (QED) is 0.673. The number of aryl methyl sites for hydroxylation is 1. The van der Waals surface area contributed by atoms with E-state index in [1.807, 2.05) is 5.38 Å². The van der Waals surface area contributed by atoms with Crippen molar-refractivity contribution in [3.63, 3.8) is 0 Å². The van der Waals surface area contributed by atoms with Gasteiger partial charge in [0.2, 0.25) is 0 Å². The van der Waals surface area contributed by atoms with E-state index in [-0.39, 0.29) is 13.1 Å². The highest BCUT2D eigenvalue weighted by Gasteiger charge is 2.17. The monoisotopic (exact) mass is 300 g/mol. The van der Waals surface area contributed by atoms with Crippen molar-refractivity contribution < 1.29 is 19.1 Å². The molecule has 7 heteroatoms. The van der Waals surface area contributed by atoms with Gasteiger partial charge in [-0.05, 0) is 12.8 Å². The van der Waals surface area contributed by atoms with Gasteiger partial charge in [-0.3, -0.25) is 14.5 Å². The lowest BCUT2D eigenvalue weighted by Crippen LogP contribution is -2.35. The van der Waals surface area contributed by atoms with Gasteiger partial charge in [0.15, 0.2) is 0 Å². The van der Waals surface area contributed by atoms with E-state index in [1.165, 1.54) is 14.2 Å². The third-order valence-corrected chi connectivity index (χ3v) is 3.57. The van der Waals surface area contributed by atoms with Crippen molar-refractivity contribution in [3.8, 4) is 0 Å². The molecule has 0 spiro atoms. The average Bonchev–Trinajstić information content (AvgIpc) is 2.86. The zero-order valence-corrected chi connectivity index (χ0v) is 12.9. The normalized spacial score (nSPS) is 10.6. The van der Waals surface area contributed by atoms with Crippen LogP contribution in [-0.2, 0) is 32.0 Å². The molecule has 0 aliphatic heterocycles. The zero-order valence-electron chi connectivity index (χ0n) is 12.0. The molecule has 1 aromatic heterocycles. The number of esters is 2. The molecular formula is C13H20N2O4S. The number of methoxy groups -OCH3 is 2. The first-order valence-electron chi connectivity index (χ1n) is 6.38. The van der Waals surface area contributed by atoms with Crippen molar-refractivity contribution in [3.05, 3.63) is 16.1 Å². The van der Waals surface area contributed by atoms with Crippen molar-refractivity contribution in [1.82, 2.24) is 9.88 Å².